The van der Waals surface area contributed by atoms with Crippen molar-refractivity contribution < 1.29 is 14.6 Å². The third-order valence-electron chi connectivity index (χ3n) is 2.82. The van der Waals surface area contributed by atoms with E-state index < -0.39 is 5.97 Å². The Balaban J connectivity index is 1.95. The first-order valence-corrected chi connectivity index (χ1v) is 6.69. The number of ether oxygens (including phenoxy) is 1. The number of rotatable bonds is 6. The number of benzene rings is 2. The molecule has 0 saturated carbocycles. The number of hydrogen-bond acceptors (Lipinski definition) is 2. The van der Waals surface area contributed by atoms with E-state index in [-0.39, 0.29) is 6.42 Å². The molecule has 104 valence electrons. The number of aryl methyl sites for hydroxylation is 1. The van der Waals surface area contributed by atoms with Gasteiger partial charge in [-0.3, -0.25) is 4.79 Å². The Morgan fingerprint density at radius 1 is 1.10 bits per heavy atom. The predicted octanol–water partition coefficient (Wildman–Crippen LogP) is 3.94. The van der Waals surface area contributed by atoms with Crippen LogP contribution in [0.2, 0.25) is 5.02 Å². The molecule has 20 heavy (non-hydrogen) atoms. The van der Waals surface area contributed by atoms with Gasteiger partial charge >= 0.3 is 5.97 Å². The summed E-state index contributed by atoms with van der Waals surface area (Å²) in [5.74, 6) is -0.0666. The lowest BCUT2D eigenvalue weighted by Gasteiger charge is -2.08. The Labute approximate surface area is 122 Å². The molecule has 0 saturated heterocycles. The summed E-state index contributed by atoms with van der Waals surface area (Å²) in [4.78, 5) is 10.6. The first-order valence-electron chi connectivity index (χ1n) is 6.31. The summed E-state index contributed by atoms with van der Waals surface area (Å²) in [6.45, 7) is 0.433. The molecule has 4 heteroatoms. The number of halogens is 1. The van der Waals surface area contributed by atoms with Crippen molar-refractivity contribution in [2.24, 2.45) is 0 Å². The highest BCUT2D eigenvalue weighted by molar-refractivity contribution is 6.30. The van der Waals surface area contributed by atoms with Crippen LogP contribution in [0.1, 0.15) is 17.5 Å². The standard InChI is InChI=1S/C16H15ClO3/c17-14-5-1-4-13(9-14)11-20-15-6-2-3-12(10-15)7-8-16(18)19/h1-6,9-10H,7-8,11H2,(H,18,19). The fourth-order valence-corrected chi connectivity index (χ4v) is 2.05. The zero-order valence-corrected chi connectivity index (χ0v) is 11.6. The van der Waals surface area contributed by atoms with Crippen LogP contribution in [0.5, 0.6) is 5.75 Å². The molecule has 0 aliphatic carbocycles. The normalized spacial score (nSPS) is 10.2. The molecule has 0 unspecified atom stereocenters. The maximum atomic E-state index is 10.6. The van der Waals surface area contributed by atoms with Crippen molar-refractivity contribution in [2.75, 3.05) is 0 Å². The van der Waals surface area contributed by atoms with Gasteiger partial charge < -0.3 is 9.84 Å². The van der Waals surface area contributed by atoms with Crippen molar-refractivity contribution in [3.63, 3.8) is 0 Å². The lowest BCUT2D eigenvalue weighted by Crippen LogP contribution is -1.99. The summed E-state index contributed by atoms with van der Waals surface area (Å²) in [7, 11) is 0. The van der Waals surface area contributed by atoms with Gasteiger partial charge in [-0.25, -0.2) is 0 Å². The van der Waals surface area contributed by atoms with Crippen LogP contribution in [0, 0.1) is 0 Å². The summed E-state index contributed by atoms with van der Waals surface area (Å²) in [6.07, 6.45) is 0.626. The van der Waals surface area contributed by atoms with Crippen LogP contribution in [-0.4, -0.2) is 11.1 Å². The Morgan fingerprint density at radius 3 is 2.60 bits per heavy atom. The molecular weight excluding hydrogens is 276 g/mol. The quantitative estimate of drug-likeness (QED) is 0.876. The van der Waals surface area contributed by atoms with E-state index in [1.54, 1.807) is 0 Å². The van der Waals surface area contributed by atoms with Crippen LogP contribution in [0.15, 0.2) is 48.5 Å². The molecule has 0 heterocycles. The van der Waals surface area contributed by atoms with Gasteiger partial charge in [0.2, 0.25) is 0 Å². The van der Waals surface area contributed by atoms with Gasteiger partial charge in [0.25, 0.3) is 0 Å². The summed E-state index contributed by atoms with van der Waals surface area (Å²) in [6, 6.07) is 15.0. The molecule has 0 aliphatic rings. The number of carbonyl (C=O) groups is 1. The van der Waals surface area contributed by atoms with Crippen molar-refractivity contribution in [2.45, 2.75) is 19.4 Å². The van der Waals surface area contributed by atoms with E-state index in [9.17, 15) is 4.79 Å². The van der Waals surface area contributed by atoms with Gasteiger partial charge in [-0.05, 0) is 41.8 Å². The van der Waals surface area contributed by atoms with Gasteiger partial charge in [0.1, 0.15) is 12.4 Å². The fourth-order valence-electron chi connectivity index (χ4n) is 1.84. The Morgan fingerprint density at radius 2 is 1.85 bits per heavy atom. The van der Waals surface area contributed by atoms with Crippen LogP contribution < -0.4 is 4.74 Å². The summed E-state index contributed by atoms with van der Waals surface area (Å²) in [5.41, 5.74) is 1.95. The molecule has 0 aromatic heterocycles. The number of carboxylic acids is 1. The Bertz CT molecular complexity index is 596. The molecule has 0 radical (unpaired) electrons. The minimum Gasteiger partial charge on any atom is -0.489 e. The predicted molar refractivity (Wildman–Crippen MR) is 78.2 cm³/mol. The van der Waals surface area contributed by atoms with Crippen molar-refractivity contribution >= 4 is 17.6 Å². The van der Waals surface area contributed by atoms with E-state index in [4.69, 9.17) is 21.4 Å². The highest BCUT2D eigenvalue weighted by atomic mass is 35.5. The van der Waals surface area contributed by atoms with Crippen molar-refractivity contribution in [3.8, 4) is 5.75 Å². The average molecular weight is 291 g/mol. The van der Waals surface area contributed by atoms with Crippen LogP contribution in [-0.2, 0) is 17.8 Å². The lowest BCUT2D eigenvalue weighted by molar-refractivity contribution is -0.136. The SMILES string of the molecule is O=C(O)CCc1cccc(OCc2cccc(Cl)c2)c1. The number of hydrogen-bond donors (Lipinski definition) is 1. The zero-order chi connectivity index (χ0) is 14.4. The van der Waals surface area contributed by atoms with E-state index >= 15 is 0 Å². The van der Waals surface area contributed by atoms with Crippen LogP contribution in [0.4, 0.5) is 0 Å². The zero-order valence-electron chi connectivity index (χ0n) is 10.9. The molecule has 3 nitrogen and oxygen atoms in total. The molecule has 2 rings (SSSR count). The smallest absolute Gasteiger partial charge is 0.303 e. The molecule has 0 atom stereocenters. The second-order valence-corrected chi connectivity index (χ2v) is 4.90. The summed E-state index contributed by atoms with van der Waals surface area (Å²) < 4.78 is 5.69. The van der Waals surface area contributed by atoms with Crippen molar-refractivity contribution in [1.82, 2.24) is 0 Å². The minimum absolute atomic E-state index is 0.123. The van der Waals surface area contributed by atoms with E-state index in [0.717, 1.165) is 16.9 Å². The van der Waals surface area contributed by atoms with Crippen molar-refractivity contribution in [1.29, 1.82) is 0 Å². The van der Waals surface area contributed by atoms with Crippen molar-refractivity contribution in [3.05, 3.63) is 64.7 Å². The highest BCUT2D eigenvalue weighted by Gasteiger charge is 2.02. The number of carboxylic acid groups (broad SMARTS) is 1. The first kappa shape index (κ1) is 14.4. The van der Waals surface area contributed by atoms with E-state index in [1.807, 2.05) is 48.5 Å². The van der Waals surface area contributed by atoms with Gasteiger partial charge in [0.05, 0.1) is 0 Å². The highest BCUT2D eigenvalue weighted by Crippen LogP contribution is 2.17. The Kier molecular flexibility index (Phi) is 5.02. The van der Waals surface area contributed by atoms with Gasteiger partial charge in [-0.15, -0.1) is 0 Å². The Hall–Kier alpha value is -2.00. The number of aliphatic carboxylic acids is 1. The second kappa shape index (κ2) is 6.96. The summed E-state index contributed by atoms with van der Waals surface area (Å²) >= 11 is 5.91. The van der Waals surface area contributed by atoms with Crippen LogP contribution in [0.25, 0.3) is 0 Å². The molecule has 2 aromatic rings. The maximum absolute atomic E-state index is 10.6. The van der Waals surface area contributed by atoms with E-state index in [2.05, 4.69) is 0 Å². The second-order valence-electron chi connectivity index (χ2n) is 4.46. The third kappa shape index (κ3) is 4.59. The largest absolute Gasteiger partial charge is 0.489 e. The fraction of sp³-hybridized carbons (Fsp3) is 0.188. The van der Waals surface area contributed by atoms with E-state index in [0.29, 0.717) is 18.1 Å². The minimum atomic E-state index is -0.796. The van der Waals surface area contributed by atoms with Gasteiger partial charge in [0, 0.05) is 11.4 Å². The van der Waals surface area contributed by atoms with Gasteiger partial charge in [-0.1, -0.05) is 35.9 Å². The van der Waals surface area contributed by atoms with Crippen LogP contribution in [0.3, 0.4) is 0 Å². The molecule has 2 aromatic carbocycles. The molecule has 0 spiro atoms. The van der Waals surface area contributed by atoms with Gasteiger partial charge in [0.15, 0.2) is 0 Å². The van der Waals surface area contributed by atoms with Gasteiger partial charge in [-0.2, -0.15) is 0 Å². The topological polar surface area (TPSA) is 46.5 Å². The lowest BCUT2D eigenvalue weighted by atomic mass is 10.1. The third-order valence-corrected chi connectivity index (χ3v) is 3.06. The molecule has 0 aliphatic heterocycles. The molecular formula is C16H15ClO3. The maximum Gasteiger partial charge on any atom is 0.303 e. The average Bonchev–Trinajstić information content (AvgIpc) is 2.43. The molecule has 0 amide bonds. The molecule has 1 N–H and O–H groups in total. The monoisotopic (exact) mass is 290 g/mol. The van der Waals surface area contributed by atoms with Crippen LogP contribution >= 0.6 is 11.6 Å². The molecule has 0 bridgehead atoms. The van der Waals surface area contributed by atoms with E-state index in [1.165, 1.54) is 0 Å². The molecule has 0 fully saturated rings. The summed E-state index contributed by atoms with van der Waals surface area (Å²) in [5, 5.41) is 9.36. The first-order chi connectivity index (χ1) is 9.63.